The Morgan fingerprint density at radius 2 is 2.09 bits per heavy atom. The van der Waals surface area contributed by atoms with Crippen molar-refractivity contribution in [2.24, 2.45) is 0 Å². The van der Waals surface area contributed by atoms with Gasteiger partial charge in [-0.05, 0) is 0 Å². The number of nitrogens with one attached hydrogen (secondary N) is 1. The lowest BCUT2D eigenvalue weighted by atomic mass is 10.7. The molecule has 0 aromatic heterocycles. The predicted octanol–water partition coefficient (Wildman–Crippen LogP) is 0.801. The molecule has 0 fully saturated rings. The van der Waals surface area contributed by atoms with Gasteiger partial charge in [-0.25, -0.2) is 8.42 Å². The van der Waals surface area contributed by atoms with Crippen molar-refractivity contribution in [3.63, 3.8) is 0 Å². The molecule has 0 saturated heterocycles. The second kappa shape index (κ2) is 4.58. The highest BCUT2D eigenvalue weighted by molar-refractivity contribution is 7.90. The normalized spacial score (nSPS) is 13.9. The Morgan fingerprint density at radius 3 is 2.45 bits per heavy atom. The van der Waals surface area contributed by atoms with Crippen LogP contribution in [0, 0.1) is 0 Å². The molecule has 0 aromatic rings. The monoisotopic (exact) mass is 192 g/mol. The minimum Gasteiger partial charge on any atom is -0.212 e. The van der Waals surface area contributed by atoms with E-state index in [9.17, 15) is 8.42 Å². The van der Waals surface area contributed by atoms with E-state index in [1.807, 2.05) is 0 Å². The van der Waals surface area contributed by atoms with Crippen molar-refractivity contribution >= 4 is 22.7 Å². The van der Waals surface area contributed by atoms with Crippen LogP contribution in [0.5, 0.6) is 0 Å². The summed E-state index contributed by atoms with van der Waals surface area (Å²) in [5.41, 5.74) is 0. The van der Waals surface area contributed by atoms with Gasteiger partial charge in [0, 0.05) is 0 Å². The van der Waals surface area contributed by atoms with Gasteiger partial charge in [-0.1, -0.05) is 24.8 Å². The molecule has 0 spiro atoms. The molecule has 0 aliphatic heterocycles. The van der Waals surface area contributed by atoms with Crippen molar-refractivity contribution in [3.05, 3.63) is 25.3 Å². The van der Waals surface area contributed by atoms with Crippen LogP contribution in [0.3, 0.4) is 0 Å². The van der Waals surface area contributed by atoms with Crippen molar-refractivity contribution in [2.75, 3.05) is 5.75 Å². The van der Waals surface area contributed by atoms with Gasteiger partial charge in [-0.2, -0.15) is 4.72 Å². The molecule has 1 unspecified atom stereocenters. The standard InChI is InChI=1S/C6H10NO2S2/c1-3-5-11(8,9)7-6(10)4-2/h3-4,6-7H,1-2,5H2. The molecular weight excluding hydrogens is 182 g/mol. The minimum absolute atomic E-state index is 0.117. The Hall–Kier alpha value is -0.260. The van der Waals surface area contributed by atoms with E-state index in [1.54, 1.807) is 0 Å². The van der Waals surface area contributed by atoms with E-state index in [0.29, 0.717) is 0 Å². The molecule has 63 valence electrons. The number of rotatable bonds is 5. The van der Waals surface area contributed by atoms with Crippen molar-refractivity contribution in [2.45, 2.75) is 5.37 Å². The molecule has 0 amide bonds. The highest BCUT2D eigenvalue weighted by Crippen LogP contribution is 1.94. The molecule has 11 heavy (non-hydrogen) atoms. The van der Waals surface area contributed by atoms with Crippen molar-refractivity contribution < 1.29 is 8.42 Å². The lowest BCUT2D eigenvalue weighted by Crippen LogP contribution is -2.30. The van der Waals surface area contributed by atoms with Crippen LogP contribution in [-0.4, -0.2) is 19.5 Å². The summed E-state index contributed by atoms with van der Waals surface area (Å²) < 4.78 is 24.0. The quantitative estimate of drug-likeness (QED) is 0.655. The van der Waals surface area contributed by atoms with Gasteiger partial charge in [0.15, 0.2) is 0 Å². The summed E-state index contributed by atoms with van der Waals surface area (Å²) in [5.74, 6) is -0.117. The topological polar surface area (TPSA) is 46.2 Å². The molecule has 0 rings (SSSR count). The van der Waals surface area contributed by atoms with E-state index < -0.39 is 15.4 Å². The van der Waals surface area contributed by atoms with Crippen molar-refractivity contribution in [3.8, 4) is 0 Å². The molecule has 0 saturated carbocycles. The van der Waals surface area contributed by atoms with E-state index in [2.05, 4.69) is 30.5 Å². The van der Waals surface area contributed by atoms with Crippen molar-refractivity contribution in [1.29, 1.82) is 0 Å². The fourth-order valence-corrected chi connectivity index (χ4v) is 1.72. The predicted molar refractivity (Wildman–Crippen MR) is 48.7 cm³/mol. The lowest BCUT2D eigenvalue weighted by molar-refractivity contribution is 0.587. The zero-order valence-corrected chi connectivity index (χ0v) is 7.62. The molecule has 0 aliphatic rings. The van der Waals surface area contributed by atoms with Crippen LogP contribution in [-0.2, 0) is 10.0 Å². The number of sulfonamides is 1. The largest absolute Gasteiger partial charge is 0.216 e. The fraction of sp³-hybridized carbons (Fsp3) is 0.333. The number of hydrogen-bond donors (Lipinski definition) is 1. The van der Waals surface area contributed by atoms with Crippen LogP contribution in [0.2, 0.25) is 0 Å². The smallest absolute Gasteiger partial charge is 0.212 e. The molecule has 1 atom stereocenters. The summed E-state index contributed by atoms with van der Waals surface area (Å²) in [5, 5.41) is -0.639. The van der Waals surface area contributed by atoms with Gasteiger partial charge in [0.1, 0.15) is 0 Å². The van der Waals surface area contributed by atoms with E-state index in [-0.39, 0.29) is 5.75 Å². The lowest BCUT2D eigenvalue weighted by Gasteiger charge is -2.05. The second-order valence-corrected chi connectivity index (χ2v) is 4.15. The van der Waals surface area contributed by atoms with Gasteiger partial charge in [0.25, 0.3) is 0 Å². The van der Waals surface area contributed by atoms with Gasteiger partial charge in [0.05, 0.1) is 11.1 Å². The first-order valence-corrected chi connectivity index (χ1v) is 5.03. The fourth-order valence-electron chi connectivity index (χ4n) is 0.428. The highest BCUT2D eigenvalue weighted by Gasteiger charge is 2.10. The zero-order chi connectivity index (χ0) is 8.91. The van der Waals surface area contributed by atoms with E-state index in [0.717, 1.165) is 0 Å². The van der Waals surface area contributed by atoms with Gasteiger partial charge in [-0.15, -0.1) is 13.2 Å². The first-order chi connectivity index (χ1) is 5.02. The Labute approximate surface area is 72.7 Å². The maximum absolute atomic E-state index is 10.9. The van der Waals surface area contributed by atoms with Gasteiger partial charge in [0.2, 0.25) is 10.0 Å². The SMILES string of the molecule is C=CCS(=O)(=O)NC([S])C=C. The maximum Gasteiger partial charge on any atom is 0.216 e. The van der Waals surface area contributed by atoms with E-state index in [1.165, 1.54) is 12.2 Å². The molecule has 0 heterocycles. The Balaban J connectivity index is 4.12. The third kappa shape index (κ3) is 5.06. The van der Waals surface area contributed by atoms with E-state index in [4.69, 9.17) is 0 Å². The van der Waals surface area contributed by atoms with E-state index >= 15 is 0 Å². The van der Waals surface area contributed by atoms with Crippen LogP contribution in [0.4, 0.5) is 0 Å². The molecular formula is C6H10NO2S2. The molecule has 1 radical (unpaired) electrons. The average molecular weight is 192 g/mol. The summed E-state index contributed by atoms with van der Waals surface area (Å²) >= 11 is 4.66. The number of hydrogen-bond acceptors (Lipinski definition) is 2. The third-order valence-corrected chi connectivity index (χ3v) is 2.59. The van der Waals surface area contributed by atoms with Crippen molar-refractivity contribution in [1.82, 2.24) is 4.72 Å². The Morgan fingerprint density at radius 1 is 1.55 bits per heavy atom. The van der Waals surface area contributed by atoms with Crippen LogP contribution in [0.25, 0.3) is 0 Å². The minimum atomic E-state index is -3.29. The Bertz CT molecular complexity index is 233. The summed E-state index contributed by atoms with van der Waals surface area (Å²) in [6.45, 7) is 6.65. The third-order valence-electron chi connectivity index (χ3n) is 0.847. The van der Waals surface area contributed by atoms with Crippen LogP contribution >= 0.6 is 12.6 Å². The summed E-state index contributed by atoms with van der Waals surface area (Å²) in [6, 6.07) is 0. The first-order valence-electron chi connectivity index (χ1n) is 2.91. The molecule has 0 bridgehead atoms. The first kappa shape index (κ1) is 10.7. The molecule has 0 aromatic carbocycles. The summed E-state index contributed by atoms with van der Waals surface area (Å²) in [6.07, 6.45) is 2.64. The van der Waals surface area contributed by atoms with Gasteiger partial charge < -0.3 is 0 Å². The maximum atomic E-state index is 10.9. The summed E-state index contributed by atoms with van der Waals surface area (Å²) in [7, 11) is -3.29. The zero-order valence-electron chi connectivity index (χ0n) is 5.99. The van der Waals surface area contributed by atoms with Gasteiger partial charge in [-0.3, -0.25) is 0 Å². The van der Waals surface area contributed by atoms with Gasteiger partial charge >= 0.3 is 0 Å². The summed E-state index contributed by atoms with van der Waals surface area (Å²) in [4.78, 5) is 0. The Kier molecular flexibility index (Phi) is 4.48. The average Bonchev–Trinajstić information content (AvgIpc) is 1.86. The molecule has 3 nitrogen and oxygen atoms in total. The van der Waals surface area contributed by atoms with Crippen LogP contribution < -0.4 is 4.72 Å². The van der Waals surface area contributed by atoms with Crippen LogP contribution in [0.1, 0.15) is 0 Å². The highest BCUT2D eigenvalue weighted by atomic mass is 32.2. The second-order valence-electron chi connectivity index (χ2n) is 1.84. The molecule has 0 aliphatic carbocycles. The molecule has 1 N–H and O–H groups in total. The van der Waals surface area contributed by atoms with Crippen LogP contribution in [0.15, 0.2) is 25.3 Å². The molecule has 5 heteroatoms.